The Morgan fingerprint density at radius 2 is 1.83 bits per heavy atom. The van der Waals surface area contributed by atoms with Gasteiger partial charge in [0.05, 0.1) is 0 Å². The number of nitrogens with zero attached hydrogens (tertiary/aromatic N) is 1. The first-order chi connectivity index (χ1) is 8.11. The van der Waals surface area contributed by atoms with E-state index in [-0.39, 0.29) is 5.91 Å². The molecule has 0 saturated heterocycles. The van der Waals surface area contributed by atoms with Crippen molar-refractivity contribution in [3.05, 3.63) is 0 Å². The molecule has 1 N–H and O–H groups in total. The molecule has 0 bridgehead atoms. The largest absolute Gasteiger partial charge is 0.444 e. The molecular weight excluding hydrogens is 232 g/mol. The maximum absolute atomic E-state index is 11.7. The van der Waals surface area contributed by atoms with Crippen LogP contribution in [0.15, 0.2) is 0 Å². The van der Waals surface area contributed by atoms with E-state index in [2.05, 4.69) is 19.2 Å². The monoisotopic (exact) mass is 258 g/mol. The minimum Gasteiger partial charge on any atom is -0.444 e. The molecule has 18 heavy (non-hydrogen) atoms. The number of ether oxygens (including phenoxy) is 1. The second kappa shape index (κ2) is 7.24. The topological polar surface area (TPSA) is 58.6 Å². The summed E-state index contributed by atoms with van der Waals surface area (Å²) in [6, 6.07) is 0. The fraction of sp³-hybridized carbons (Fsp3) is 0.846. The van der Waals surface area contributed by atoms with Crippen LogP contribution in [0.5, 0.6) is 0 Å². The summed E-state index contributed by atoms with van der Waals surface area (Å²) in [5, 5.41) is 2.57. The molecule has 0 radical (unpaired) electrons. The summed E-state index contributed by atoms with van der Waals surface area (Å²) in [5.74, 6) is 0.470. The minimum atomic E-state index is -0.511. The van der Waals surface area contributed by atoms with Gasteiger partial charge >= 0.3 is 6.09 Å². The standard InChI is InChI=1S/C13H26N2O3/c1-10(2)9-15(6)11(16)7-8-14-12(17)18-13(3,4)5/h10H,7-9H2,1-6H3,(H,14,17). The Kier molecular flexibility index (Phi) is 6.73. The highest BCUT2D eigenvalue weighted by Gasteiger charge is 2.16. The number of nitrogens with one attached hydrogen (secondary N) is 1. The van der Waals surface area contributed by atoms with Gasteiger partial charge in [-0.2, -0.15) is 0 Å². The van der Waals surface area contributed by atoms with Gasteiger partial charge in [-0.1, -0.05) is 13.8 Å². The van der Waals surface area contributed by atoms with Gasteiger partial charge in [0.2, 0.25) is 5.91 Å². The Balaban J connectivity index is 3.84. The van der Waals surface area contributed by atoms with Crippen LogP contribution in [0.25, 0.3) is 0 Å². The molecule has 2 amide bonds. The van der Waals surface area contributed by atoms with Gasteiger partial charge in [-0.15, -0.1) is 0 Å². The van der Waals surface area contributed by atoms with Gasteiger partial charge in [0.25, 0.3) is 0 Å². The van der Waals surface area contributed by atoms with Gasteiger partial charge in [0.15, 0.2) is 0 Å². The fourth-order valence-corrected chi connectivity index (χ4v) is 1.43. The van der Waals surface area contributed by atoms with Crippen molar-refractivity contribution in [2.24, 2.45) is 5.92 Å². The average Bonchev–Trinajstić information content (AvgIpc) is 2.13. The number of carbonyl (C=O) groups excluding carboxylic acids is 2. The van der Waals surface area contributed by atoms with E-state index in [1.807, 2.05) is 0 Å². The molecule has 0 aliphatic heterocycles. The molecule has 0 spiro atoms. The highest BCUT2D eigenvalue weighted by atomic mass is 16.6. The molecule has 5 nitrogen and oxygen atoms in total. The number of rotatable bonds is 5. The maximum atomic E-state index is 11.7. The van der Waals surface area contributed by atoms with E-state index in [1.165, 1.54) is 0 Å². The van der Waals surface area contributed by atoms with Gasteiger partial charge < -0.3 is 15.0 Å². The van der Waals surface area contributed by atoms with Crippen LogP contribution >= 0.6 is 0 Å². The Morgan fingerprint density at radius 3 is 2.28 bits per heavy atom. The predicted molar refractivity (Wildman–Crippen MR) is 71.3 cm³/mol. The van der Waals surface area contributed by atoms with Gasteiger partial charge in [-0.3, -0.25) is 4.79 Å². The van der Waals surface area contributed by atoms with Crippen LogP contribution in [0, 0.1) is 5.92 Å². The molecule has 0 heterocycles. The molecule has 0 saturated carbocycles. The van der Waals surface area contributed by atoms with Crippen LogP contribution in [0.1, 0.15) is 41.0 Å². The SMILES string of the molecule is CC(C)CN(C)C(=O)CCNC(=O)OC(C)(C)C. The third-order valence-electron chi connectivity index (χ3n) is 2.07. The van der Waals surface area contributed by atoms with Crippen LogP contribution in [-0.2, 0) is 9.53 Å². The Hall–Kier alpha value is -1.26. The number of amides is 2. The lowest BCUT2D eigenvalue weighted by molar-refractivity contribution is -0.130. The van der Waals surface area contributed by atoms with Crippen LogP contribution in [0.3, 0.4) is 0 Å². The second-order valence-corrected chi connectivity index (χ2v) is 5.85. The number of alkyl carbamates (subject to hydrolysis) is 1. The van der Waals surface area contributed by atoms with Crippen molar-refractivity contribution in [3.8, 4) is 0 Å². The average molecular weight is 258 g/mol. The molecule has 5 heteroatoms. The first-order valence-corrected chi connectivity index (χ1v) is 6.32. The Morgan fingerprint density at radius 1 is 1.28 bits per heavy atom. The van der Waals surface area contributed by atoms with Crippen molar-refractivity contribution >= 4 is 12.0 Å². The Bertz CT molecular complexity index is 282. The van der Waals surface area contributed by atoms with Crippen molar-refractivity contribution < 1.29 is 14.3 Å². The fourth-order valence-electron chi connectivity index (χ4n) is 1.43. The third kappa shape index (κ3) is 8.84. The van der Waals surface area contributed by atoms with Gasteiger partial charge in [-0.05, 0) is 26.7 Å². The van der Waals surface area contributed by atoms with Crippen molar-refractivity contribution in [2.75, 3.05) is 20.1 Å². The van der Waals surface area contributed by atoms with Gasteiger partial charge in [-0.25, -0.2) is 4.79 Å². The van der Waals surface area contributed by atoms with E-state index in [1.54, 1.807) is 32.7 Å². The molecule has 0 aromatic heterocycles. The van der Waals surface area contributed by atoms with Crippen molar-refractivity contribution in [2.45, 2.75) is 46.6 Å². The molecule has 0 aliphatic carbocycles. The first-order valence-electron chi connectivity index (χ1n) is 6.32. The number of hydrogen-bond acceptors (Lipinski definition) is 3. The minimum absolute atomic E-state index is 0.0276. The quantitative estimate of drug-likeness (QED) is 0.820. The van der Waals surface area contributed by atoms with E-state index in [4.69, 9.17) is 4.74 Å². The predicted octanol–water partition coefficient (Wildman–Crippen LogP) is 2.02. The molecule has 0 unspecified atom stereocenters. The van der Waals surface area contributed by atoms with Gasteiger partial charge in [0.1, 0.15) is 5.60 Å². The summed E-state index contributed by atoms with van der Waals surface area (Å²) in [4.78, 5) is 24.7. The zero-order chi connectivity index (χ0) is 14.3. The Labute approximate surface area is 110 Å². The summed E-state index contributed by atoms with van der Waals surface area (Å²) < 4.78 is 5.07. The van der Waals surface area contributed by atoms with E-state index >= 15 is 0 Å². The van der Waals surface area contributed by atoms with Gasteiger partial charge in [0, 0.05) is 26.6 Å². The molecule has 0 aromatic rings. The van der Waals surface area contributed by atoms with Crippen molar-refractivity contribution in [1.82, 2.24) is 10.2 Å². The lowest BCUT2D eigenvalue weighted by atomic mass is 10.2. The summed E-state index contributed by atoms with van der Waals surface area (Å²) in [7, 11) is 1.77. The molecule has 0 fully saturated rings. The lowest BCUT2D eigenvalue weighted by Gasteiger charge is -2.21. The van der Waals surface area contributed by atoms with Crippen LogP contribution in [0.4, 0.5) is 4.79 Å². The summed E-state index contributed by atoms with van der Waals surface area (Å²) in [6.45, 7) is 10.5. The van der Waals surface area contributed by atoms with E-state index in [0.29, 0.717) is 18.9 Å². The molecule has 0 aromatic carbocycles. The smallest absolute Gasteiger partial charge is 0.407 e. The zero-order valence-corrected chi connectivity index (χ0v) is 12.4. The summed E-state index contributed by atoms with van der Waals surface area (Å²) >= 11 is 0. The summed E-state index contributed by atoms with van der Waals surface area (Å²) in [6.07, 6.45) is -0.190. The van der Waals surface area contributed by atoms with Crippen LogP contribution in [-0.4, -0.2) is 42.6 Å². The zero-order valence-electron chi connectivity index (χ0n) is 12.4. The summed E-state index contributed by atoms with van der Waals surface area (Å²) in [5.41, 5.74) is -0.511. The van der Waals surface area contributed by atoms with E-state index < -0.39 is 11.7 Å². The van der Waals surface area contributed by atoms with E-state index in [9.17, 15) is 9.59 Å². The van der Waals surface area contributed by atoms with E-state index in [0.717, 1.165) is 6.54 Å². The molecular formula is C13H26N2O3. The highest BCUT2D eigenvalue weighted by Crippen LogP contribution is 2.06. The molecule has 0 atom stereocenters. The molecule has 0 rings (SSSR count). The first kappa shape index (κ1) is 16.7. The number of hydrogen-bond donors (Lipinski definition) is 1. The number of carbonyl (C=O) groups is 2. The maximum Gasteiger partial charge on any atom is 0.407 e. The second-order valence-electron chi connectivity index (χ2n) is 5.85. The highest BCUT2D eigenvalue weighted by molar-refractivity contribution is 5.77. The normalized spacial score (nSPS) is 11.3. The van der Waals surface area contributed by atoms with Crippen molar-refractivity contribution in [1.29, 1.82) is 0 Å². The molecule has 106 valence electrons. The van der Waals surface area contributed by atoms with Crippen LogP contribution < -0.4 is 5.32 Å². The lowest BCUT2D eigenvalue weighted by Crippen LogP contribution is -2.36. The van der Waals surface area contributed by atoms with Crippen LogP contribution in [0.2, 0.25) is 0 Å². The third-order valence-corrected chi connectivity index (χ3v) is 2.07. The molecule has 0 aliphatic rings. The van der Waals surface area contributed by atoms with Crippen molar-refractivity contribution in [3.63, 3.8) is 0 Å².